The molecule has 2 amide bonds. The zero-order valence-corrected chi connectivity index (χ0v) is 16.3. The zero-order valence-electron chi connectivity index (χ0n) is 16.3. The molecule has 0 spiro atoms. The molecule has 0 radical (unpaired) electrons. The molecular formula is C23H23N3O3. The Balaban J connectivity index is 1.26. The normalized spacial score (nSPS) is 13.1. The molecule has 1 aliphatic carbocycles. The fraction of sp³-hybridized carbons (Fsp3) is 0.261. The van der Waals surface area contributed by atoms with E-state index in [1.807, 2.05) is 31.2 Å². The molecule has 6 nitrogen and oxygen atoms in total. The summed E-state index contributed by atoms with van der Waals surface area (Å²) in [6, 6.07) is 15.2. The molecule has 2 N–H and O–H groups in total. The highest BCUT2D eigenvalue weighted by Gasteiger charge is 2.29. The van der Waals surface area contributed by atoms with Gasteiger partial charge in [0, 0.05) is 35.7 Å². The molecule has 4 rings (SSSR count). The van der Waals surface area contributed by atoms with Crippen LogP contribution in [0.5, 0.6) is 0 Å². The van der Waals surface area contributed by atoms with Gasteiger partial charge >= 0.3 is 0 Å². The highest BCUT2D eigenvalue weighted by Crippen LogP contribution is 2.30. The third kappa shape index (κ3) is 5.10. The molecule has 1 heterocycles. The Hall–Kier alpha value is -3.41. The average Bonchev–Trinajstić information content (AvgIpc) is 3.47. The van der Waals surface area contributed by atoms with Crippen LogP contribution in [0.4, 0.5) is 11.4 Å². The summed E-state index contributed by atoms with van der Waals surface area (Å²) in [5.74, 6) is 1.35. The molecule has 1 aliphatic rings. The van der Waals surface area contributed by atoms with Gasteiger partial charge in [0.15, 0.2) is 11.7 Å². The van der Waals surface area contributed by atoms with Gasteiger partial charge in [-0.2, -0.15) is 0 Å². The highest BCUT2D eigenvalue weighted by molar-refractivity contribution is 5.95. The molecule has 0 bridgehead atoms. The van der Waals surface area contributed by atoms with Crippen molar-refractivity contribution in [2.45, 2.75) is 32.6 Å². The van der Waals surface area contributed by atoms with Gasteiger partial charge in [0.2, 0.25) is 11.8 Å². The summed E-state index contributed by atoms with van der Waals surface area (Å²) in [5.41, 5.74) is 3.58. The molecule has 2 aromatic carbocycles. The number of aryl methyl sites for hydroxylation is 2. The minimum absolute atomic E-state index is 0.0674. The van der Waals surface area contributed by atoms with Crippen molar-refractivity contribution in [1.29, 1.82) is 0 Å². The Bertz CT molecular complexity index is 1000. The Kier molecular flexibility index (Phi) is 5.42. The van der Waals surface area contributed by atoms with Crippen molar-refractivity contribution in [2.75, 3.05) is 10.6 Å². The van der Waals surface area contributed by atoms with Crippen LogP contribution < -0.4 is 10.6 Å². The number of oxazole rings is 1. The van der Waals surface area contributed by atoms with Gasteiger partial charge in [0.1, 0.15) is 0 Å². The van der Waals surface area contributed by atoms with Crippen LogP contribution in [0.2, 0.25) is 0 Å². The first-order valence-corrected chi connectivity index (χ1v) is 9.79. The van der Waals surface area contributed by atoms with E-state index in [1.165, 1.54) is 5.56 Å². The summed E-state index contributed by atoms with van der Waals surface area (Å²) >= 11 is 0. The van der Waals surface area contributed by atoms with Gasteiger partial charge in [-0.15, -0.1) is 0 Å². The molecule has 1 saturated carbocycles. The van der Waals surface area contributed by atoms with Crippen LogP contribution in [-0.4, -0.2) is 16.8 Å². The van der Waals surface area contributed by atoms with E-state index < -0.39 is 0 Å². The SMILES string of the molecule is Cc1ccc(-c2cnc(CCC(=O)Nc3ccc(NC(=O)C4CC4)cc3)o2)cc1. The van der Waals surface area contributed by atoms with Crippen LogP contribution in [-0.2, 0) is 16.0 Å². The van der Waals surface area contributed by atoms with Gasteiger partial charge in [-0.1, -0.05) is 29.8 Å². The molecule has 0 aliphatic heterocycles. The number of rotatable bonds is 7. The second-order valence-corrected chi connectivity index (χ2v) is 7.37. The van der Waals surface area contributed by atoms with Crippen molar-refractivity contribution in [1.82, 2.24) is 4.98 Å². The van der Waals surface area contributed by atoms with Gasteiger partial charge in [-0.3, -0.25) is 9.59 Å². The summed E-state index contributed by atoms with van der Waals surface area (Å²) in [6.07, 6.45) is 4.32. The number of nitrogens with zero attached hydrogens (tertiary/aromatic N) is 1. The van der Waals surface area contributed by atoms with Gasteiger partial charge in [-0.25, -0.2) is 4.98 Å². The largest absolute Gasteiger partial charge is 0.441 e. The van der Waals surface area contributed by atoms with Crippen molar-refractivity contribution < 1.29 is 14.0 Å². The standard InChI is InChI=1S/C23H23N3O3/c1-15-2-4-16(5-3-15)20-14-24-22(29-20)13-12-21(27)25-18-8-10-19(11-9-18)26-23(28)17-6-7-17/h2-5,8-11,14,17H,6-7,12-13H2,1H3,(H,25,27)(H,26,28). The second-order valence-electron chi connectivity index (χ2n) is 7.37. The van der Waals surface area contributed by atoms with E-state index in [-0.39, 0.29) is 24.2 Å². The van der Waals surface area contributed by atoms with Crippen molar-refractivity contribution in [3.63, 3.8) is 0 Å². The third-order valence-electron chi connectivity index (χ3n) is 4.84. The average molecular weight is 389 g/mol. The van der Waals surface area contributed by atoms with Crippen molar-refractivity contribution >= 4 is 23.2 Å². The summed E-state index contributed by atoms with van der Waals surface area (Å²) in [5, 5.41) is 5.73. The van der Waals surface area contributed by atoms with Crippen molar-refractivity contribution in [3.05, 3.63) is 66.2 Å². The quantitative estimate of drug-likeness (QED) is 0.620. The lowest BCUT2D eigenvalue weighted by Gasteiger charge is -2.07. The molecular weight excluding hydrogens is 366 g/mol. The first-order chi connectivity index (χ1) is 14.1. The Morgan fingerprint density at radius 1 is 1.00 bits per heavy atom. The van der Waals surface area contributed by atoms with E-state index >= 15 is 0 Å². The minimum Gasteiger partial charge on any atom is -0.441 e. The van der Waals surface area contributed by atoms with E-state index in [2.05, 4.69) is 15.6 Å². The van der Waals surface area contributed by atoms with Crippen LogP contribution in [0.15, 0.2) is 59.1 Å². The zero-order chi connectivity index (χ0) is 20.2. The maximum Gasteiger partial charge on any atom is 0.227 e. The fourth-order valence-electron chi connectivity index (χ4n) is 2.95. The first kappa shape index (κ1) is 18.9. The number of nitrogens with one attached hydrogen (secondary N) is 2. The lowest BCUT2D eigenvalue weighted by atomic mass is 10.1. The maximum absolute atomic E-state index is 12.2. The van der Waals surface area contributed by atoms with Gasteiger partial charge in [0.25, 0.3) is 0 Å². The van der Waals surface area contributed by atoms with Crippen LogP contribution in [0.3, 0.4) is 0 Å². The molecule has 0 atom stereocenters. The first-order valence-electron chi connectivity index (χ1n) is 9.79. The number of hydrogen-bond donors (Lipinski definition) is 2. The number of benzene rings is 2. The van der Waals surface area contributed by atoms with Gasteiger partial charge < -0.3 is 15.1 Å². The van der Waals surface area contributed by atoms with Crippen LogP contribution in [0.1, 0.15) is 30.7 Å². The Morgan fingerprint density at radius 3 is 2.31 bits per heavy atom. The van der Waals surface area contributed by atoms with Crippen LogP contribution >= 0.6 is 0 Å². The summed E-state index contributed by atoms with van der Waals surface area (Å²) in [6.45, 7) is 2.03. The van der Waals surface area contributed by atoms with Crippen LogP contribution in [0, 0.1) is 12.8 Å². The number of carbonyl (C=O) groups is 2. The second kappa shape index (κ2) is 8.31. The predicted molar refractivity (Wildman–Crippen MR) is 111 cm³/mol. The fourth-order valence-corrected chi connectivity index (χ4v) is 2.95. The molecule has 3 aromatic rings. The topological polar surface area (TPSA) is 84.2 Å². The molecule has 6 heteroatoms. The summed E-state index contributed by atoms with van der Waals surface area (Å²) in [4.78, 5) is 28.2. The molecule has 1 aromatic heterocycles. The number of anilines is 2. The number of hydrogen-bond acceptors (Lipinski definition) is 4. The van der Waals surface area contributed by atoms with Gasteiger partial charge in [0.05, 0.1) is 6.20 Å². The molecule has 0 saturated heterocycles. The van der Waals surface area contributed by atoms with E-state index in [0.717, 1.165) is 24.1 Å². The van der Waals surface area contributed by atoms with E-state index in [4.69, 9.17) is 4.42 Å². The smallest absolute Gasteiger partial charge is 0.227 e. The molecule has 29 heavy (non-hydrogen) atoms. The monoisotopic (exact) mass is 389 g/mol. The van der Waals surface area contributed by atoms with Crippen molar-refractivity contribution in [2.24, 2.45) is 5.92 Å². The lowest BCUT2D eigenvalue weighted by molar-refractivity contribution is -0.117. The van der Waals surface area contributed by atoms with Crippen LogP contribution in [0.25, 0.3) is 11.3 Å². The van der Waals surface area contributed by atoms with E-state index in [0.29, 0.717) is 23.8 Å². The van der Waals surface area contributed by atoms with E-state index in [1.54, 1.807) is 30.5 Å². The lowest BCUT2D eigenvalue weighted by Crippen LogP contribution is -2.14. The van der Waals surface area contributed by atoms with E-state index in [9.17, 15) is 9.59 Å². The van der Waals surface area contributed by atoms with Gasteiger partial charge in [-0.05, 0) is 44.0 Å². The summed E-state index contributed by atoms with van der Waals surface area (Å²) in [7, 11) is 0. The third-order valence-corrected chi connectivity index (χ3v) is 4.84. The Morgan fingerprint density at radius 2 is 1.66 bits per heavy atom. The molecule has 1 fully saturated rings. The highest BCUT2D eigenvalue weighted by atomic mass is 16.4. The number of aromatic nitrogens is 1. The minimum atomic E-state index is -0.116. The number of amides is 2. The van der Waals surface area contributed by atoms with Crippen molar-refractivity contribution in [3.8, 4) is 11.3 Å². The molecule has 148 valence electrons. The number of carbonyl (C=O) groups excluding carboxylic acids is 2. The summed E-state index contributed by atoms with van der Waals surface area (Å²) < 4.78 is 5.76. The molecule has 0 unspecified atom stereocenters. The predicted octanol–water partition coefficient (Wildman–Crippen LogP) is 4.57. The Labute approximate surface area is 169 Å². The maximum atomic E-state index is 12.2.